The highest BCUT2D eigenvalue weighted by atomic mass is 79.9. The molecule has 7 nitrogen and oxygen atoms in total. The number of para-hydroxylation sites is 2. The molecule has 0 bridgehead atoms. The third-order valence-electron chi connectivity index (χ3n) is 3.38. The molecule has 25 heavy (non-hydrogen) atoms. The Morgan fingerprint density at radius 3 is 2.68 bits per heavy atom. The lowest BCUT2D eigenvalue weighted by Crippen LogP contribution is -2.41. The zero-order chi connectivity index (χ0) is 17.8. The number of fused-ring (bicyclic) bond motifs is 1. The molecule has 0 saturated heterocycles. The van der Waals surface area contributed by atoms with Gasteiger partial charge in [0.25, 0.3) is 11.8 Å². The molecule has 2 heterocycles. The molecule has 0 aliphatic carbocycles. The first kappa shape index (κ1) is 16.8. The van der Waals surface area contributed by atoms with E-state index in [2.05, 4.69) is 36.7 Å². The Bertz CT molecular complexity index is 980. The number of aryl methyl sites for hydroxylation is 1. The molecule has 0 atom stereocenters. The summed E-state index contributed by atoms with van der Waals surface area (Å²) in [6.45, 7) is 0. The van der Waals surface area contributed by atoms with Gasteiger partial charge < -0.3 is 4.57 Å². The monoisotopic (exact) mass is 399 g/mol. The van der Waals surface area contributed by atoms with Crippen LogP contribution in [0.15, 0.2) is 53.3 Å². The number of rotatable bonds is 3. The third kappa shape index (κ3) is 4.10. The number of benzene rings is 1. The van der Waals surface area contributed by atoms with Gasteiger partial charge in [-0.1, -0.05) is 12.1 Å². The predicted molar refractivity (Wildman–Crippen MR) is 97.3 cm³/mol. The fourth-order valence-corrected chi connectivity index (χ4v) is 2.71. The normalized spacial score (nSPS) is 11.0. The SMILES string of the molecule is Cn1cc(Br)cc1C(=O)NNC(=O)/C=C/c1cnc2ccccc2n1. The fourth-order valence-electron chi connectivity index (χ4n) is 2.19. The Kier molecular flexibility index (Phi) is 4.90. The highest BCUT2D eigenvalue weighted by molar-refractivity contribution is 9.10. The average Bonchev–Trinajstić information content (AvgIpc) is 2.96. The number of aromatic nitrogens is 3. The van der Waals surface area contributed by atoms with E-state index in [0.717, 1.165) is 15.5 Å². The average molecular weight is 400 g/mol. The van der Waals surface area contributed by atoms with Crippen molar-refractivity contribution in [1.29, 1.82) is 0 Å². The van der Waals surface area contributed by atoms with Crippen LogP contribution in [0.4, 0.5) is 0 Å². The maximum Gasteiger partial charge on any atom is 0.286 e. The van der Waals surface area contributed by atoms with Crippen molar-refractivity contribution in [3.05, 3.63) is 64.7 Å². The highest BCUT2D eigenvalue weighted by Gasteiger charge is 2.11. The van der Waals surface area contributed by atoms with Crippen LogP contribution in [0.5, 0.6) is 0 Å². The summed E-state index contributed by atoms with van der Waals surface area (Å²) in [4.78, 5) is 32.5. The molecule has 2 aromatic heterocycles. The van der Waals surface area contributed by atoms with Gasteiger partial charge in [0.1, 0.15) is 5.69 Å². The first-order chi connectivity index (χ1) is 12.0. The van der Waals surface area contributed by atoms with Crippen LogP contribution in [0.25, 0.3) is 17.1 Å². The molecule has 3 rings (SSSR count). The van der Waals surface area contributed by atoms with Crippen molar-refractivity contribution < 1.29 is 9.59 Å². The Balaban J connectivity index is 1.60. The van der Waals surface area contributed by atoms with Crippen molar-refractivity contribution in [3.8, 4) is 0 Å². The minimum absolute atomic E-state index is 0.413. The van der Waals surface area contributed by atoms with Gasteiger partial charge in [0.05, 0.1) is 22.9 Å². The summed E-state index contributed by atoms with van der Waals surface area (Å²) in [6, 6.07) is 9.11. The van der Waals surface area contributed by atoms with Crippen molar-refractivity contribution in [2.45, 2.75) is 0 Å². The van der Waals surface area contributed by atoms with E-state index in [4.69, 9.17) is 0 Å². The molecule has 1 aromatic carbocycles. The van der Waals surface area contributed by atoms with Crippen LogP contribution < -0.4 is 10.9 Å². The lowest BCUT2D eigenvalue weighted by Gasteiger charge is -2.05. The first-order valence-corrected chi connectivity index (χ1v) is 8.14. The molecular formula is C17H14BrN5O2. The lowest BCUT2D eigenvalue weighted by molar-refractivity contribution is -0.117. The van der Waals surface area contributed by atoms with E-state index in [1.807, 2.05) is 24.3 Å². The topological polar surface area (TPSA) is 88.9 Å². The van der Waals surface area contributed by atoms with Crippen LogP contribution in [0.2, 0.25) is 0 Å². The van der Waals surface area contributed by atoms with Crippen molar-refractivity contribution >= 4 is 44.9 Å². The molecule has 3 aromatic rings. The molecule has 0 aliphatic heterocycles. The van der Waals surface area contributed by atoms with Crippen LogP contribution >= 0.6 is 15.9 Å². The van der Waals surface area contributed by atoms with Crippen molar-refractivity contribution in [2.24, 2.45) is 7.05 Å². The van der Waals surface area contributed by atoms with E-state index in [1.165, 1.54) is 12.2 Å². The zero-order valence-electron chi connectivity index (χ0n) is 13.2. The molecule has 0 saturated carbocycles. The molecule has 2 amide bonds. The summed E-state index contributed by atoms with van der Waals surface area (Å²) in [7, 11) is 1.74. The summed E-state index contributed by atoms with van der Waals surface area (Å²) >= 11 is 3.29. The van der Waals surface area contributed by atoms with Gasteiger partial charge in [-0.05, 0) is 40.2 Å². The van der Waals surface area contributed by atoms with Gasteiger partial charge in [-0.2, -0.15) is 0 Å². The van der Waals surface area contributed by atoms with E-state index >= 15 is 0 Å². The van der Waals surface area contributed by atoms with Crippen LogP contribution in [0.3, 0.4) is 0 Å². The molecule has 0 radical (unpaired) electrons. The van der Waals surface area contributed by atoms with Gasteiger partial charge in [-0.3, -0.25) is 25.4 Å². The number of hydrogen-bond acceptors (Lipinski definition) is 4. The van der Waals surface area contributed by atoms with Crippen molar-refractivity contribution in [2.75, 3.05) is 0 Å². The maximum atomic E-state index is 12.0. The van der Waals surface area contributed by atoms with Crippen LogP contribution in [-0.4, -0.2) is 26.3 Å². The Morgan fingerprint density at radius 1 is 1.20 bits per heavy atom. The van der Waals surface area contributed by atoms with Gasteiger partial charge in [-0.15, -0.1) is 0 Å². The fraction of sp³-hybridized carbons (Fsp3) is 0.0588. The lowest BCUT2D eigenvalue weighted by atomic mass is 10.3. The van der Waals surface area contributed by atoms with E-state index in [0.29, 0.717) is 11.4 Å². The second-order valence-electron chi connectivity index (χ2n) is 5.21. The molecule has 0 fully saturated rings. The number of nitrogens with one attached hydrogen (secondary N) is 2. The maximum absolute atomic E-state index is 12.0. The van der Waals surface area contributed by atoms with Crippen molar-refractivity contribution in [3.63, 3.8) is 0 Å². The van der Waals surface area contributed by atoms with E-state index in [-0.39, 0.29) is 0 Å². The van der Waals surface area contributed by atoms with E-state index in [9.17, 15) is 9.59 Å². The minimum Gasteiger partial charge on any atom is -0.345 e. The number of nitrogens with zero attached hydrogens (tertiary/aromatic N) is 3. The van der Waals surface area contributed by atoms with Gasteiger partial charge in [0.2, 0.25) is 0 Å². The smallest absolute Gasteiger partial charge is 0.286 e. The summed E-state index contributed by atoms with van der Waals surface area (Å²) in [5.41, 5.74) is 7.16. The second-order valence-corrected chi connectivity index (χ2v) is 6.13. The van der Waals surface area contributed by atoms with Gasteiger partial charge in [-0.25, -0.2) is 4.98 Å². The number of halogens is 1. The number of amides is 2. The summed E-state index contributed by atoms with van der Waals surface area (Å²) in [6.07, 6.45) is 6.13. The first-order valence-electron chi connectivity index (χ1n) is 7.35. The Hall–Kier alpha value is -3.00. The number of carbonyl (C=O) groups is 2. The van der Waals surface area contributed by atoms with Crippen molar-refractivity contribution in [1.82, 2.24) is 25.4 Å². The van der Waals surface area contributed by atoms with Gasteiger partial charge >= 0.3 is 0 Å². The van der Waals surface area contributed by atoms with Crippen LogP contribution in [-0.2, 0) is 11.8 Å². The second kappa shape index (κ2) is 7.27. The number of carbonyl (C=O) groups excluding carboxylic acids is 2. The molecule has 0 unspecified atom stereocenters. The standard InChI is InChI=1S/C17H14BrN5O2/c1-23-10-11(18)8-15(23)17(25)22-21-16(24)7-6-12-9-19-13-4-2-3-5-14(13)20-12/h2-10H,1H3,(H,21,24)(H,22,25)/b7-6+. The van der Waals surface area contributed by atoms with Crippen LogP contribution in [0, 0.1) is 0 Å². The number of hydrazine groups is 1. The molecule has 0 spiro atoms. The Morgan fingerprint density at radius 2 is 1.96 bits per heavy atom. The summed E-state index contributed by atoms with van der Waals surface area (Å²) in [5, 5.41) is 0. The highest BCUT2D eigenvalue weighted by Crippen LogP contribution is 2.13. The summed E-state index contributed by atoms with van der Waals surface area (Å²) in [5.74, 6) is -0.892. The summed E-state index contributed by atoms with van der Waals surface area (Å²) < 4.78 is 2.42. The molecular weight excluding hydrogens is 386 g/mol. The predicted octanol–water partition coefficient (Wildman–Crippen LogP) is 2.21. The third-order valence-corrected chi connectivity index (χ3v) is 3.81. The molecule has 0 aliphatic rings. The minimum atomic E-state index is -0.475. The zero-order valence-corrected chi connectivity index (χ0v) is 14.8. The largest absolute Gasteiger partial charge is 0.345 e. The van der Waals surface area contributed by atoms with Gasteiger partial charge in [0, 0.05) is 23.8 Å². The molecule has 126 valence electrons. The van der Waals surface area contributed by atoms with E-state index < -0.39 is 11.8 Å². The molecule has 8 heteroatoms. The Labute approximate surface area is 151 Å². The van der Waals surface area contributed by atoms with Crippen LogP contribution in [0.1, 0.15) is 16.2 Å². The van der Waals surface area contributed by atoms with E-state index in [1.54, 1.807) is 30.1 Å². The number of hydrogen-bond donors (Lipinski definition) is 2. The quantitative estimate of drug-likeness (QED) is 0.521. The molecule has 2 N–H and O–H groups in total. The van der Waals surface area contributed by atoms with Gasteiger partial charge in [0.15, 0.2) is 0 Å².